The Labute approximate surface area is 232 Å². The van der Waals surface area contributed by atoms with Gasteiger partial charge in [0.25, 0.3) is 0 Å². The number of aromatic nitrogens is 1. The van der Waals surface area contributed by atoms with Crippen LogP contribution in [0.3, 0.4) is 0 Å². The first-order valence-electron chi connectivity index (χ1n) is 14.7. The third-order valence-electron chi connectivity index (χ3n) is 7.79. The number of likely N-dealkylation sites (tertiary alicyclic amines) is 1. The van der Waals surface area contributed by atoms with Gasteiger partial charge in [0.1, 0.15) is 17.7 Å². The third-order valence-corrected chi connectivity index (χ3v) is 7.79. The molecule has 3 heterocycles. The van der Waals surface area contributed by atoms with Crippen molar-refractivity contribution in [2.75, 3.05) is 38.2 Å². The number of unbranched alkanes of at least 4 members (excludes halogenated alkanes) is 2. The summed E-state index contributed by atoms with van der Waals surface area (Å²) in [6, 6.07) is 7.88. The smallest absolute Gasteiger partial charge is 0.325 e. The highest BCUT2D eigenvalue weighted by molar-refractivity contribution is 5.76. The molecule has 4 rings (SSSR count). The van der Waals surface area contributed by atoms with Crippen LogP contribution in [0.1, 0.15) is 93.3 Å². The number of nitrogens with zero attached hydrogens (tertiary/aromatic N) is 2. The summed E-state index contributed by atoms with van der Waals surface area (Å²) in [7, 11) is 0. The summed E-state index contributed by atoms with van der Waals surface area (Å²) >= 11 is 0. The van der Waals surface area contributed by atoms with E-state index in [1.54, 1.807) is 6.07 Å². The number of aliphatic carboxylic acids is 1. The third kappa shape index (κ3) is 7.99. The van der Waals surface area contributed by atoms with E-state index in [0.717, 1.165) is 81.4 Å². The van der Waals surface area contributed by atoms with E-state index in [2.05, 4.69) is 24.4 Å². The number of carbonyl (C=O) groups is 1. The molecule has 2 aromatic rings. The number of carboxylic acids is 1. The van der Waals surface area contributed by atoms with Gasteiger partial charge in [-0.1, -0.05) is 31.9 Å². The summed E-state index contributed by atoms with van der Waals surface area (Å²) in [6.07, 6.45) is 8.31. The summed E-state index contributed by atoms with van der Waals surface area (Å²) < 4.78 is 26.5. The van der Waals surface area contributed by atoms with Gasteiger partial charge < -0.3 is 19.9 Å². The van der Waals surface area contributed by atoms with Gasteiger partial charge in [0.05, 0.1) is 12.2 Å². The van der Waals surface area contributed by atoms with E-state index < -0.39 is 17.8 Å². The molecule has 1 aromatic heterocycles. The van der Waals surface area contributed by atoms with Crippen molar-refractivity contribution in [2.45, 2.75) is 89.9 Å². The van der Waals surface area contributed by atoms with Gasteiger partial charge in [-0.15, -0.1) is 0 Å². The van der Waals surface area contributed by atoms with Gasteiger partial charge in [0.15, 0.2) is 0 Å². The largest absolute Gasteiger partial charge is 0.480 e. The monoisotopic (exact) mass is 541 g/mol. The Kier molecular flexibility index (Phi) is 11.1. The fraction of sp³-hybridized carbons (Fsp3) is 0.613. The van der Waals surface area contributed by atoms with Crippen LogP contribution in [0.25, 0.3) is 0 Å². The molecule has 0 bridgehead atoms. The lowest BCUT2D eigenvalue weighted by molar-refractivity contribution is -0.143. The molecule has 1 aromatic carbocycles. The molecule has 0 radical (unpaired) electrons. The number of pyridine rings is 1. The Morgan fingerprint density at radius 1 is 1.21 bits per heavy atom. The maximum Gasteiger partial charge on any atom is 0.325 e. The summed E-state index contributed by atoms with van der Waals surface area (Å²) in [4.78, 5) is 19.2. The molecule has 0 amide bonds. The fourth-order valence-corrected chi connectivity index (χ4v) is 5.77. The van der Waals surface area contributed by atoms with Crippen molar-refractivity contribution in [1.29, 1.82) is 0 Å². The van der Waals surface area contributed by atoms with Gasteiger partial charge in [0.2, 0.25) is 0 Å². The topological polar surface area (TPSA) is 83.9 Å². The molecule has 1 fully saturated rings. The number of fused-ring (bicyclic) bond motifs is 1. The van der Waals surface area contributed by atoms with Crippen LogP contribution in [-0.4, -0.2) is 59.9 Å². The molecule has 7 nitrogen and oxygen atoms in total. The van der Waals surface area contributed by atoms with Gasteiger partial charge >= 0.3 is 5.97 Å². The quantitative estimate of drug-likeness (QED) is 0.264. The number of aryl methyl sites for hydroxylation is 2. The van der Waals surface area contributed by atoms with Crippen molar-refractivity contribution < 1.29 is 23.8 Å². The lowest BCUT2D eigenvalue weighted by Crippen LogP contribution is -2.34. The Bertz CT molecular complexity index is 1080. The van der Waals surface area contributed by atoms with Crippen molar-refractivity contribution in [1.82, 2.24) is 9.88 Å². The second-order valence-corrected chi connectivity index (χ2v) is 10.7. The number of benzene rings is 1. The first-order valence-corrected chi connectivity index (χ1v) is 14.7. The zero-order valence-electron chi connectivity index (χ0n) is 23.5. The Hall–Kier alpha value is -2.55. The molecule has 214 valence electrons. The Morgan fingerprint density at radius 3 is 2.87 bits per heavy atom. The van der Waals surface area contributed by atoms with E-state index >= 15 is 0 Å². The molecule has 0 spiro atoms. The van der Waals surface area contributed by atoms with E-state index in [4.69, 9.17) is 14.5 Å². The number of anilines is 1. The average molecular weight is 542 g/mol. The second kappa shape index (κ2) is 14.7. The molecule has 3 atom stereocenters. The molecule has 39 heavy (non-hydrogen) atoms. The average Bonchev–Trinajstić information content (AvgIpc) is 3.39. The predicted molar refractivity (Wildman–Crippen MR) is 151 cm³/mol. The molecule has 0 saturated carbocycles. The minimum atomic E-state index is -0.972. The highest BCUT2D eigenvalue weighted by Crippen LogP contribution is 2.35. The van der Waals surface area contributed by atoms with Gasteiger partial charge in [0, 0.05) is 38.5 Å². The standard InChI is InChI=1S/C31H44FN3O4/c1-3-5-11-28(38-4-2)26-15-13-23(32)20-27(26)29(31(36)37)35-18-16-25(21-35)39-19-7-6-10-24-14-12-22-9-8-17-33-30(22)34-24/h12-15,20,25,28-29H,3-11,16-19,21H2,1-2H3,(H,33,34)(H,36,37)/t25-,28?,29-/m1/s1. The van der Waals surface area contributed by atoms with Crippen LogP contribution in [0.4, 0.5) is 10.2 Å². The van der Waals surface area contributed by atoms with E-state index in [9.17, 15) is 14.3 Å². The Morgan fingerprint density at radius 2 is 2.08 bits per heavy atom. The minimum absolute atomic E-state index is 0.0299. The molecular formula is C31H44FN3O4. The van der Waals surface area contributed by atoms with Crippen molar-refractivity contribution in [3.63, 3.8) is 0 Å². The summed E-state index contributed by atoms with van der Waals surface area (Å²) in [6.45, 7) is 7.29. The first kappa shape index (κ1) is 29.4. The van der Waals surface area contributed by atoms with Crippen LogP contribution < -0.4 is 5.32 Å². The van der Waals surface area contributed by atoms with Crippen LogP contribution in [0.5, 0.6) is 0 Å². The van der Waals surface area contributed by atoms with Gasteiger partial charge in [-0.05, 0) is 86.8 Å². The van der Waals surface area contributed by atoms with E-state index in [-0.39, 0.29) is 12.2 Å². The zero-order chi connectivity index (χ0) is 27.6. The number of ether oxygens (including phenoxy) is 2. The maximum atomic E-state index is 14.4. The first-order chi connectivity index (χ1) is 19.0. The second-order valence-electron chi connectivity index (χ2n) is 10.7. The molecular weight excluding hydrogens is 497 g/mol. The van der Waals surface area contributed by atoms with Crippen LogP contribution in [-0.2, 0) is 27.1 Å². The number of carboxylic acid groups (broad SMARTS) is 1. The fourth-order valence-electron chi connectivity index (χ4n) is 5.77. The highest BCUT2D eigenvalue weighted by atomic mass is 19.1. The molecule has 2 aliphatic rings. The lowest BCUT2D eigenvalue weighted by Gasteiger charge is -2.29. The van der Waals surface area contributed by atoms with Gasteiger partial charge in [-0.25, -0.2) is 9.37 Å². The minimum Gasteiger partial charge on any atom is -0.480 e. The van der Waals surface area contributed by atoms with Crippen molar-refractivity contribution in [3.05, 3.63) is 58.5 Å². The van der Waals surface area contributed by atoms with E-state index in [1.807, 2.05) is 11.8 Å². The number of halogens is 1. The van der Waals surface area contributed by atoms with Crippen molar-refractivity contribution in [3.8, 4) is 0 Å². The normalized spacial score (nSPS) is 18.9. The number of nitrogens with one attached hydrogen (secondary N) is 1. The summed E-state index contributed by atoms with van der Waals surface area (Å²) in [5, 5.41) is 13.6. The lowest BCUT2D eigenvalue weighted by atomic mass is 9.93. The molecule has 0 aliphatic carbocycles. The molecule has 2 aliphatic heterocycles. The SMILES string of the molecule is CCCCC(OCC)c1ccc(F)cc1[C@H](C(=O)O)N1CC[C@@H](OCCCCc2ccc3c(n2)NCCC3)C1. The number of rotatable bonds is 15. The van der Waals surface area contributed by atoms with Crippen LogP contribution >= 0.6 is 0 Å². The van der Waals surface area contributed by atoms with Crippen LogP contribution in [0.2, 0.25) is 0 Å². The maximum absolute atomic E-state index is 14.4. The predicted octanol–water partition coefficient (Wildman–Crippen LogP) is 6.09. The highest BCUT2D eigenvalue weighted by Gasteiger charge is 2.36. The molecule has 1 unspecified atom stereocenters. The summed E-state index contributed by atoms with van der Waals surface area (Å²) in [5.41, 5.74) is 3.67. The molecule has 8 heteroatoms. The van der Waals surface area contributed by atoms with E-state index in [1.165, 1.54) is 17.7 Å². The molecule has 2 N–H and O–H groups in total. The van der Waals surface area contributed by atoms with Gasteiger partial charge in [-0.2, -0.15) is 0 Å². The van der Waals surface area contributed by atoms with Crippen molar-refractivity contribution in [2.24, 2.45) is 0 Å². The van der Waals surface area contributed by atoms with Crippen LogP contribution in [0, 0.1) is 5.82 Å². The van der Waals surface area contributed by atoms with Gasteiger partial charge in [-0.3, -0.25) is 9.69 Å². The number of hydrogen-bond donors (Lipinski definition) is 2. The van der Waals surface area contributed by atoms with Crippen molar-refractivity contribution >= 4 is 11.8 Å². The van der Waals surface area contributed by atoms with E-state index in [0.29, 0.717) is 31.9 Å². The Balaban J connectivity index is 1.32. The number of hydrogen-bond acceptors (Lipinski definition) is 6. The molecule has 1 saturated heterocycles. The summed E-state index contributed by atoms with van der Waals surface area (Å²) in [5.74, 6) is -0.365. The van der Waals surface area contributed by atoms with Crippen LogP contribution in [0.15, 0.2) is 30.3 Å². The zero-order valence-corrected chi connectivity index (χ0v) is 23.5.